The quantitative estimate of drug-likeness (QED) is 0.712. The number of aliphatic hydroxyl groups is 1. The lowest BCUT2D eigenvalue weighted by molar-refractivity contribution is 0.0352. The summed E-state index contributed by atoms with van der Waals surface area (Å²) in [5, 5.41) is 18.1. The summed E-state index contributed by atoms with van der Waals surface area (Å²) in [4.78, 5) is 14.3. The van der Waals surface area contributed by atoms with Crippen molar-refractivity contribution in [3.63, 3.8) is 0 Å². The van der Waals surface area contributed by atoms with E-state index in [1.807, 2.05) is 0 Å². The number of aliphatic hydroxyl groups excluding tert-OH is 1. The lowest BCUT2D eigenvalue weighted by Crippen LogP contribution is -2.56. The monoisotopic (exact) mass is 216 g/mol. The molecule has 1 saturated heterocycles. The number of hydrogen-bond acceptors (Lipinski definition) is 3. The van der Waals surface area contributed by atoms with Gasteiger partial charge in [-0.2, -0.15) is 0 Å². The number of carboxylic acid groups (broad SMARTS) is 1. The fraction of sp³-hybridized carbons (Fsp3) is 0.900. The van der Waals surface area contributed by atoms with Crippen LogP contribution in [0.3, 0.4) is 0 Å². The third-order valence-electron chi connectivity index (χ3n) is 2.69. The first-order valence-electron chi connectivity index (χ1n) is 5.37. The zero-order valence-electron chi connectivity index (χ0n) is 9.39. The Hall–Kier alpha value is -0.810. The van der Waals surface area contributed by atoms with Crippen molar-refractivity contribution in [2.24, 2.45) is 5.92 Å². The van der Waals surface area contributed by atoms with Crippen LogP contribution in [0.4, 0.5) is 4.79 Å². The van der Waals surface area contributed by atoms with Crippen molar-refractivity contribution in [3.8, 4) is 0 Å². The minimum absolute atomic E-state index is 0.0243. The maximum Gasteiger partial charge on any atom is 0.407 e. The Bertz CT molecular complexity index is 221. The summed E-state index contributed by atoms with van der Waals surface area (Å²) in [6, 6.07) is -0.0442. The molecule has 0 radical (unpaired) electrons. The molecular formula is C10H20N2O3. The van der Waals surface area contributed by atoms with E-state index in [4.69, 9.17) is 5.11 Å². The molecule has 15 heavy (non-hydrogen) atoms. The first kappa shape index (κ1) is 12.3. The van der Waals surface area contributed by atoms with Crippen LogP contribution in [-0.4, -0.2) is 64.9 Å². The summed E-state index contributed by atoms with van der Waals surface area (Å²) >= 11 is 0. The summed E-state index contributed by atoms with van der Waals surface area (Å²) < 4.78 is 0. The molecule has 5 heteroatoms. The molecule has 1 rings (SSSR count). The summed E-state index contributed by atoms with van der Waals surface area (Å²) in [7, 11) is 0. The van der Waals surface area contributed by atoms with E-state index < -0.39 is 6.09 Å². The molecular weight excluding hydrogens is 196 g/mol. The average Bonchev–Trinajstić information content (AvgIpc) is 2.17. The second kappa shape index (κ2) is 5.32. The number of amides is 1. The molecule has 2 N–H and O–H groups in total. The molecule has 0 aromatic heterocycles. The minimum atomic E-state index is -0.891. The van der Waals surface area contributed by atoms with Gasteiger partial charge in [-0.15, -0.1) is 0 Å². The van der Waals surface area contributed by atoms with E-state index in [2.05, 4.69) is 18.7 Å². The Kier molecular flexibility index (Phi) is 4.35. The van der Waals surface area contributed by atoms with Crippen LogP contribution >= 0.6 is 0 Å². The average molecular weight is 216 g/mol. The van der Waals surface area contributed by atoms with Crippen molar-refractivity contribution in [3.05, 3.63) is 0 Å². The number of piperazine rings is 1. The molecule has 5 nitrogen and oxygen atoms in total. The largest absolute Gasteiger partial charge is 0.465 e. The molecule has 1 amide bonds. The van der Waals surface area contributed by atoms with Crippen LogP contribution in [0.5, 0.6) is 0 Å². The topological polar surface area (TPSA) is 64.0 Å². The van der Waals surface area contributed by atoms with Crippen molar-refractivity contribution in [2.75, 3.05) is 32.8 Å². The highest BCUT2D eigenvalue weighted by Gasteiger charge is 2.28. The minimum Gasteiger partial charge on any atom is -0.465 e. The van der Waals surface area contributed by atoms with Crippen LogP contribution in [0, 0.1) is 5.92 Å². The highest BCUT2D eigenvalue weighted by atomic mass is 16.4. The lowest BCUT2D eigenvalue weighted by atomic mass is 10.1. The number of carbonyl (C=O) groups is 1. The van der Waals surface area contributed by atoms with Gasteiger partial charge < -0.3 is 15.1 Å². The smallest absolute Gasteiger partial charge is 0.407 e. The fourth-order valence-electron chi connectivity index (χ4n) is 1.95. The Morgan fingerprint density at radius 3 is 2.60 bits per heavy atom. The highest BCUT2D eigenvalue weighted by molar-refractivity contribution is 5.65. The van der Waals surface area contributed by atoms with Crippen LogP contribution in [0.2, 0.25) is 0 Å². The third kappa shape index (κ3) is 3.35. The molecule has 0 aromatic rings. The maximum atomic E-state index is 10.8. The van der Waals surface area contributed by atoms with Crippen molar-refractivity contribution in [1.82, 2.24) is 9.80 Å². The van der Waals surface area contributed by atoms with Gasteiger partial charge in [0.05, 0.1) is 12.6 Å². The number of rotatable bonds is 3. The Labute approximate surface area is 90.3 Å². The van der Waals surface area contributed by atoms with Crippen molar-refractivity contribution in [1.29, 1.82) is 0 Å². The molecule has 1 atom stereocenters. The zero-order chi connectivity index (χ0) is 11.4. The molecule has 0 unspecified atom stereocenters. The molecule has 1 heterocycles. The molecule has 0 saturated carbocycles. The summed E-state index contributed by atoms with van der Waals surface area (Å²) in [6.07, 6.45) is -0.891. The first-order valence-corrected chi connectivity index (χ1v) is 5.37. The predicted molar refractivity (Wildman–Crippen MR) is 56.9 cm³/mol. The second-order valence-electron chi connectivity index (χ2n) is 4.45. The van der Waals surface area contributed by atoms with E-state index >= 15 is 0 Å². The first-order chi connectivity index (χ1) is 7.04. The molecule has 88 valence electrons. The van der Waals surface area contributed by atoms with E-state index in [1.165, 1.54) is 4.90 Å². The molecule has 0 spiro atoms. The van der Waals surface area contributed by atoms with Gasteiger partial charge in [-0.3, -0.25) is 4.90 Å². The van der Waals surface area contributed by atoms with Gasteiger partial charge in [-0.05, 0) is 5.92 Å². The molecule has 1 aliphatic heterocycles. The summed E-state index contributed by atoms with van der Waals surface area (Å²) in [6.45, 7) is 6.86. The van der Waals surface area contributed by atoms with Crippen LogP contribution in [-0.2, 0) is 0 Å². The molecule has 0 aliphatic carbocycles. The fourth-order valence-corrected chi connectivity index (χ4v) is 1.95. The van der Waals surface area contributed by atoms with Crippen LogP contribution < -0.4 is 0 Å². The second-order valence-corrected chi connectivity index (χ2v) is 4.45. The molecule has 0 aromatic carbocycles. The third-order valence-corrected chi connectivity index (χ3v) is 2.69. The highest BCUT2D eigenvalue weighted by Crippen LogP contribution is 2.11. The van der Waals surface area contributed by atoms with E-state index in [9.17, 15) is 9.90 Å². The maximum absolute atomic E-state index is 10.8. The van der Waals surface area contributed by atoms with Crippen LogP contribution in [0.1, 0.15) is 13.8 Å². The SMILES string of the molecule is CC(C)CN1CCN(C(=O)O)C[C@@H]1CO. The molecule has 1 fully saturated rings. The van der Waals surface area contributed by atoms with Gasteiger partial charge in [0.15, 0.2) is 0 Å². The standard InChI is InChI=1S/C10H20N2O3/c1-8(2)5-11-3-4-12(10(14)15)6-9(11)7-13/h8-9,13H,3-7H2,1-2H3,(H,14,15)/t9-/m1/s1. The Balaban J connectivity index is 2.52. The lowest BCUT2D eigenvalue weighted by Gasteiger charge is -2.40. The number of nitrogens with zero attached hydrogens (tertiary/aromatic N) is 2. The summed E-state index contributed by atoms with van der Waals surface area (Å²) in [5.74, 6) is 0.537. The van der Waals surface area contributed by atoms with Gasteiger partial charge in [0.1, 0.15) is 0 Å². The van der Waals surface area contributed by atoms with Crippen molar-refractivity contribution < 1.29 is 15.0 Å². The van der Waals surface area contributed by atoms with Crippen molar-refractivity contribution in [2.45, 2.75) is 19.9 Å². The molecule has 1 aliphatic rings. The van der Waals surface area contributed by atoms with E-state index in [1.54, 1.807) is 0 Å². The van der Waals surface area contributed by atoms with E-state index in [0.29, 0.717) is 19.0 Å². The number of hydrogen-bond donors (Lipinski definition) is 2. The van der Waals surface area contributed by atoms with Gasteiger partial charge in [0, 0.05) is 26.2 Å². The van der Waals surface area contributed by atoms with Gasteiger partial charge in [-0.25, -0.2) is 4.79 Å². The summed E-state index contributed by atoms with van der Waals surface area (Å²) in [5.41, 5.74) is 0. The normalized spacial score (nSPS) is 23.5. The van der Waals surface area contributed by atoms with Gasteiger partial charge in [-0.1, -0.05) is 13.8 Å². The van der Waals surface area contributed by atoms with Gasteiger partial charge in [0.2, 0.25) is 0 Å². The zero-order valence-corrected chi connectivity index (χ0v) is 9.39. The van der Waals surface area contributed by atoms with E-state index in [0.717, 1.165) is 13.1 Å². The van der Waals surface area contributed by atoms with Crippen molar-refractivity contribution >= 4 is 6.09 Å². The van der Waals surface area contributed by atoms with Crippen LogP contribution in [0.25, 0.3) is 0 Å². The van der Waals surface area contributed by atoms with Gasteiger partial charge >= 0.3 is 6.09 Å². The Morgan fingerprint density at radius 1 is 1.47 bits per heavy atom. The van der Waals surface area contributed by atoms with Gasteiger partial charge in [0.25, 0.3) is 0 Å². The predicted octanol–water partition coefficient (Wildman–Crippen LogP) is 0.299. The van der Waals surface area contributed by atoms with Crippen LogP contribution in [0.15, 0.2) is 0 Å². The Morgan fingerprint density at radius 2 is 2.13 bits per heavy atom. The van der Waals surface area contributed by atoms with E-state index in [-0.39, 0.29) is 12.6 Å². The molecule has 0 bridgehead atoms.